The molecule has 0 atom stereocenters. The molecule has 0 N–H and O–H groups in total. The van der Waals surface area contributed by atoms with E-state index in [1.807, 2.05) is 0 Å². The zero-order chi connectivity index (χ0) is 7.07. The molecule has 0 nitrogen and oxygen atoms in total. The second kappa shape index (κ2) is 14.1. The van der Waals surface area contributed by atoms with Crippen LogP contribution >= 0.6 is 0 Å². The zero-order valence-corrected chi connectivity index (χ0v) is 9.88. The monoisotopic (exact) mass is 213 g/mol. The first-order valence-corrected chi connectivity index (χ1v) is 3.63. The van der Waals surface area contributed by atoms with E-state index < -0.39 is 0 Å². The first-order chi connectivity index (χ1) is 5.00. The minimum atomic E-state index is 0. The second-order valence-electron chi connectivity index (χ2n) is 2.18. The summed E-state index contributed by atoms with van der Waals surface area (Å²) in [4.78, 5) is 0. The molecule has 0 fully saturated rings. The summed E-state index contributed by atoms with van der Waals surface area (Å²) in [5, 5.41) is 0. The molecule has 2 rings (SSSR count). The first-order valence-electron chi connectivity index (χ1n) is 3.63. The Morgan fingerprint density at radius 1 is 0.538 bits per heavy atom. The maximum absolute atomic E-state index is 2.12. The van der Waals surface area contributed by atoms with E-state index in [2.05, 4.69) is 48.6 Å². The van der Waals surface area contributed by atoms with Crippen LogP contribution in [0.1, 0.15) is 12.8 Å². The minimum Gasteiger partial charge on any atom is -0.358 e. The van der Waals surface area contributed by atoms with Crippen molar-refractivity contribution in [2.45, 2.75) is 12.8 Å². The van der Waals surface area contributed by atoms with Crippen LogP contribution in [0.4, 0.5) is 0 Å². The summed E-state index contributed by atoms with van der Waals surface area (Å²) < 4.78 is 0. The van der Waals surface area contributed by atoms with Crippen molar-refractivity contribution < 1.29 is 18.6 Å². The summed E-state index contributed by atoms with van der Waals surface area (Å²) >= 11 is 0. The molecule has 0 aromatic heterocycles. The van der Waals surface area contributed by atoms with Gasteiger partial charge in [0, 0.05) is 0 Å². The van der Waals surface area contributed by atoms with Crippen LogP contribution in [0.25, 0.3) is 0 Å². The summed E-state index contributed by atoms with van der Waals surface area (Å²) in [6, 6.07) is 0. The summed E-state index contributed by atoms with van der Waals surface area (Å²) in [6.45, 7) is 0. The van der Waals surface area contributed by atoms with Crippen LogP contribution in [0.15, 0.2) is 48.6 Å². The molecule has 0 aliphatic heterocycles. The van der Waals surface area contributed by atoms with Crippen molar-refractivity contribution in [2.75, 3.05) is 0 Å². The van der Waals surface area contributed by atoms with Crippen LogP contribution in [-0.4, -0.2) is 0 Å². The molecule has 1 heteroatoms. The molecule has 0 aromatic carbocycles. The molecule has 0 saturated carbocycles. The van der Waals surface area contributed by atoms with Crippen molar-refractivity contribution in [2.24, 2.45) is 0 Å². The maximum Gasteiger partial charge on any atom is 2.00 e. The van der Waals surface area contributed by atoms with Crippen molar-refractivity contribution >= 4 is 0 Å². The minimum absolute atomic E-state index is 0. The van der Waals surface area contributed by atoms with Gasteiger partial charge in [0.2, 0.25) is 0 Å². The van der Waals surface area contributed by atoms with E-state index in [-0.39, 0.29) is 33.4 Å². The Morgan fingerprint density at radius 3 is 0.846 bits per heavy atom. The fraction of sp³-hybridized carbons (Fsp3) is 0.167. The second-order valence-corrected chi connectivity index (χ2v) is 2.18. The Morgan fingerprint density at radius 2 is 0.769 bits per heavy atom. The topological polar surface area (TPSA) is 0 Å². The van der Waals surface area contributed by atoms with Crippen LogP contribution in [0, 0.1) is 14.9 Å². The van der Waals surface area contributed by atoms with Crippen molar-refractivity contribution in [3.05, 3.63) is 63.5 Å². The van der Waals surface area contributed by atoms with Crippen LogP contribution < -0.4 is 0 Å². The average Bonchev–Trinajstić information content (AvgIpc) is 2.67. The maximum atomic E-state index is 2.12. The van der Waals surface area contributed by atoms with E-state index in [9.17, 15) is 0 Å². The summed E-state index contributed by atoms with van der Waals surface area (Å²) in [5.41, 5.74) is 0. The molecule has 2 aliphatic rings. The Kier molecular flexibility index (Phi) is 19.9. The van der Waals surface area contributed by atoms with E-state index in [1.54, 1.807) is 0 Å². The number of hydrogen-bond donors (Lipinski definition) is 0. The van der Waals surface area contributed by atoms with Crippen LogP contribution in [0.5, 0.6) is 0 Å². The number of allylic oxidation sites excluding steroid dienone is 8. The third-order valence-electron chi connectivity index (χ3n) is 1.31. The SMILES string of the molecule is C1=CCC=C1.C1=CCC=C1.[CH3-].[CH3-].[V+2]. The summed E-state index contributed by atoms with van der Waals surface area (Å²) in [7, 11) is 0. The fourth-order valence-electron chi connectivity index (χ4n) is 0.786. The average molecular weight is 213 g/mol. The van der Waals surface area contributed by atoms with Gasteiger partial charge in [0.05, 0.1) is 0 Å². The van der Waals surface area contributed by atoms with Crippen molar-refractivity contribution in [3.8, 4) is 0 Å². The van der Waals surface area contributed by atoms with Gasteiger partial charge in [-0.3, -0.25) is 0 Å². The molecule has 0 aromatic rings. The van der Waals surface area contributed by atoms with Gasteiger partial charge in [-0.2, -0.15) is 0 Å². The molecular formula is C12H18V. The Balaban J connectivity index is -0.000000125. The van der Waals surface area contributed by atoms with Gasteiger partial charge in [-0.05, 0) is 12.8 Å². The molecule has 13 heavy (non-hydrogen) atoms. The Hall–Kier alpha value is -0.456. The van der Waals surface area contributed by atoms with E-state index in [1.165, 1.54) is 0 Å². The van der Waals surface area contributed by atoms with E-state index in [0.717, 1.165) is 12.8 Å². The van der Waals surface area contributed by atoms with Gasteiger partial charge >= 0.3 is 18.6 Å². The Labute approximate surface area is 95.0 Å². The molecule has 0 saturated heterocycles. The molecule has 0 unspecified atom stereocenters. The van der Waals surface area contributed by atoms with Gasteiger partial charge in [0.25, 0.3) is 0 Å². The van der Waals surface area contributed by atoms with Gasteiger partial charge in [0.1, 0.15) is 0 Å². The van der Waals surface area contributed by atoms with Gasteiger partial charge in [-0.25, -0.2) is 0 Å². The molecule has 0 heterocycles. The van der Waals surface area contributed by atoms with Crippen LogP contribution in [0.3, 0.4) is 0 Å². The zero-order valence-electron chi connectivity index (χ0n) is 8.48. The van der Waals surface area contributed by atoms with Gasteiger partial charge in [0.15, 0.2) is 0 Å². The van der Waals surface area contributed by atoms with Crippen LogP contribution in [-0.2, 0) is 18.6 Å². The Bertz CT molecular complexity index is 143. The molecule has 0 spiro atoms. The first kappa shape index (κ1) is 18.4. The summed E-state index contributed by atoms with van der Waals surface area (Å²) in [6.07, 6.45) is 19.0. The van der Waals surface area contributed by atoms with Crippen molar-refractivity contribution in [1.29, 1.82) is 0 Å². The predicted octanol–water partition coefficient (Wildman–Crippen LogP) is 3.90. The number of rotatable bonds is 0. The van der Waals surface area contributed by atoms with Gasteiger partial charge < -0.3 is 14.9 Å². The largest absolute Gasteiger partial charge is 2.00 e. The van der Waals surface area contributed by atoms with Crippen molar-refractivity contribution in [1.82, 2.24) is 0 Å². The number of hydrogen-bond acceptors (Lipinski definition) is 0. The third kappa shape index (κ3) is 11.5. The molecule has 71 valence electrons. The normalized spacial score (nSPS) is 13.5. The van der Waals surface area contributed by atoms with E-state index in [4.69, 9.17) is 0 Å². The van der Waals surface area contributed by atoms with Crippen LogP contribution in [0.2, 0.25) is 0 Å². The molecular weight excluding hydrogens is 195 g/mol. The molecule has 0 bridgehead atoms. The van der Waals surface area contributed by atoms with Crippen molar-refractivity contribution in [3.63, 3.8) is 0 Å². The molecule has 0 amide bonds. The van der Waals surface area contributed by atoms with Gasteiger partial charge in [-0.1, -0.05) is 48.6 Å². The third-order valence-corrected chi connectivity index (χ3v) is 1.31. The van der Waals surface area contributed by atoms with Gasteiger partial charge in [-0.15, -0.1) is 0 Å². The smallest absolute Gasteiger partial charge is 0.358 e. The standard InChI is InChI=1S/2C5H6.2CH3.V/c2*1-2-4-5-3-1;;;/h2*1-4H,5H2;2*1H3;/q;;2*-1;+2. The van der Waals surface area contributed by atoms with E-state index in [0.29, 0.717) is 0 Å². The quantitative estimate of drug-likeness (QED) is 0.535. The predicted molar refractivity (Wildman–Crippen MR) is 58.6 cm³/mol. The molecule has 2 aliphatic carbocycles. The molecule has 1 radical (unpaired) electrons. The van der Waals surface area contributed by atoms with E-state index >= 15 is 0 Å². The fourth-order valence-corrected chi connectivity index (χ4v) is 0.786. The summed E-state index contributed by atoms with van der Waals surface area (Å²) in [5.74, 6) is 0.